The third-order valence-electron chi connectivity index (χ3n) is 7.14. The quantitative estimate of drug-likeness (QED) is 0.462. The molecule has 2 heterocycles. The van der Waals surface area contributed by atoms with Crippen molar-refractivity contribution < 1.29 is 9.72 Å². The molecule has 1 aromatic carbocycles. The standard InChI is InChI=1S/C25H33N5O3/c1-4-17(2)23-26-18(3)22(16-19-8-10-21(11-9-19)30(32)33)24(27-23)28-12-14-29(15-13-28)25(31)20-6-5-7-20/h8-11,17,20H,4-7,12-16H2,1-3H3/t17-/m0/s1. The van der Waals surface area contributed by atoms with Crippen molar-refractivity contribution in [1.82, 2.24) is 14.9 Å². The molecule has 1 aromatic heterocycles. The Morgan fingerprint density at radius 2 is 1.82 bits per heavy atom. The molecule has 1 aliphatic heterocycles. The first-order valence-corrected chi connectivity index (χ1v) is 12.0. The molecule has 1 aliphatic carbocycles. The van der Waals surface area contributed by atoms with Crippen LogP contribution in [0.5, 0.6) is 0 Å². The van der Waals surface area contributed by atoms with Crippen molar-refractivity contribution in [2.24, 2.45) is 5.92 Å². The molecule has 0 spiro atoms. The second-order valence-corrected chi connectivity index (χ2v) is 9.32. The lowest BCUT2D eigenvalue weighted by Crippen LogP contribution is -2.51. The summed E-state index contributed by atoms with van der Waals surface area (Å²) in [4.78, 5) is 37.4. The van der Waals surface area contributed by atoms with Crippen LogP contribution in [-0.4, -0.2) is 51.9 Å². The van der Waals surface area contributed by atoms with Crippen LogP contribution in [0.1, 0.15) is 68.1 Å². The number of nitrogens with zero attached hydrogens (tertiary/aromatic N) is 5. The zero-order chi connectivity index (χ0) is 23.5. The van der Waals surface area contributed by atoms with Crippen molar-refractivity contribution in [3.8, 4) is 0 Å². The SMILES string of the molecule is CC[C@H](C)c1nc(C)c(Cc2ccc([N+](=O)[O-])cc2)c(N2CCN(C(=O)C3CCC3)CC2)n1. The Morgan fingerprint density at radius 1 is 1.15 bits per heavy atom. The first kappa shape index (κ1) is 23.1. The Labute approximate surface area is 195 Å². The van der Waals surface area contributed by atoms with E-state index in [1.807, 2.05) is 11.8 Å². The molecular weight excluding hydrogens is 418 g/mol. The molecule has 8 nitrogen and oxygen atoms in total. The van der Waals surface area contributed by atoms with Gasteiger partial charge in [0, 0.05) is 67.8 Å². The number of aryl methyl sites for hydroxylation is 1. The van der Waals surface area contributed by atoms with E-state index in [0.717, 1.165) is 60.8 Å². The van der Waals surface area contributed by atoms with E-state index in [4.69, 9.17) is 9.97 Å². The summed E-state index contributed by atoms with van der Waals surface area (Å²) in [5.74, 6) is 2.59. The lowest BCUT2D eigenvalue weighted by molar-refractivity contribution is -0.384. The van der Waals surface area contributed by atoms with Crippen LogP contribution >= 0.6 is 0 Å². The summed E-state index contributed by atoms with van der Waals surface area (Å²) >= 11 is 0. The second-order valence-electron chi connectivity index (χ2n) is 9.32. The predicted molar refractivity (Wildman–Crippen MR) is 128 cm³/mol. The van der Waals surface area contributed by atoms with Gasteiger partial charge in [0.05, 0.1) is 4.92 Å². The van der Waals surface area contributed by atoms with E-state index in [-0.39, 0.29) is 22.4 Å². The number of amides is 1. The van der Waals surface area contributed by atoms with E-state index in [2.05, 4.69) is 18.7 Å². The maximum absolute atomic E-state index is 12.7. The van der Waals surface area contributed by atoms with Crippen molar-refractivity contribution in [3.63, 3.8) is 0 Å². The Kier molecular flexibility index (Phi) is 6.91. The van der Waals surface area contributed by atoms with Gasteiger partial charge >= 0.3 is 0 Å². The van der Waals surface area contributed by atoms with Gasteiger partial charge in [-0.05, 0) is 31.7 Å². The molecule has 2 aliphatic rings. The molecule has 0 unspecified atom stereocenters. The van der Waals surface area contributed by atoms with E-state index in [0.29, 0.717) is 25.4 Å². The number of nitro benzene ring substituents is 1. The molecule has 1 amide bonds. The van der Waals surface area contributed by atoms with Crippen LogP contribution in [0.4, 0.5) is 11.5 Å². The monoisotopic (exact) mass is 451 g/mol. The third-order valence-corrected chi connectivity index (χ3v) is 7.14. The highest BCUT2D eigenvalue weighted by molar-refractivity contribution is 5.80. The molecule has 0 N–H and O–H groups in total. The normalized spacial score (nSPS) is 17.5. The predicted octanol–water partition coefficient (Wildman–Crippen LogP) is 4.25. The van der Waals surface area contributed by atoms with E-state index >= 15 is 0 Å². The number of nitro groups is 1. The molecule has 4 rings (SSSR count). The van der Waals surface area contributed by atoms with Crippen LogP contribution in [0.2, 0.25) is 0 Å². The van der Waals surface area contributed by atoms with Gasteiger partial charge in [-0.1, -0.05) is 32.4 Å². The first-order valence-electron chi connectivity index (χ1n) is 12.0. The Morgan fingerprint density at radius 3 is 2.36 bits per heavy atom. The number of carbonyl (C=O) groups is 1. The number of aromatic nitrogens is 2. The van der Waals surface area contributed by atoms with Gasteiger partial charge < -0.3 is 9.80 Å². The van der Waals surface area contributed by atoms with Crippen LogP contribution in [0.25, 0.3) is 0 Å². The zero-order valence-electron chi connectivity index (χ0n) is 19.8. The van der Waals surface area contributed by atoms with Gasteiger partial charge in [-0.15, -0.1) is 0 Å². The van der Waals surface area contributed by atoms with Gasteiger partial charge in [-0.3, -0.25) is 14.9 Å². The third kappa shape index (κ3) is 4.99. The molecule has 0 radical (unpaired) electrons. The number of rotatable bonds is 7. The summed E-state index contributed by atoms with van der Waals surface area (Å²) in [6.07, 6.45) is 4.80. The minimum atomic E-state index is -0.380. The first-order chi connectivity index (χ1) is 15.9. The van der Waals surface area contributed by atoms with Crippen LogP contribution in [0, 0.1) is 23.0 Å². The van der Waals surface area contributed by atoms with Crippen molar-refractivity contribution >= 4 is 17.4 Å². The molecule has 176 valence electrons. The largest absolute Gasteiger partial charge is 0.353 e. The molecule has 1 atom stereocenters. The molecule has 2 fully saturated rings. The highest BCUT2D eigenvalue weighted by Gasteiger charge is 2.32. The molecule has 2 aromatic rings. The van der Waals surface area contributed by atoms with Gasteiger partial charge in [0.25, 0.3) is 5.69 Å². The Hall–Kier alpha value is -3.03. The van der Waals surface area contributed by atoms with Crippen molar-refractivity contribution in [1.29, 1.82) is 0 Å². The maximum atomic E-state index is 12.7. The summed E-state index contributed by atoms with van der Waals surface area (Å²) < 4.78 is 0. The fourth-order valence-corrected chi connectivity index (χ4v) is 4.47. The second kappa shape index (κ2) is 9.85. The molecule has 33 heavy (non-hydrogen) atoms. The number of hydrogen-bond donors (Lipinski definition) is 0. The minimum Gasteiger partial charge on any atom is -0.353 e. The summed E-state index contributed by atoms with van der Waals surface area (Å²) in [6.45, 7) is 9.24. The van der Waals surface area contributed by atoms with Crippen molar-refractivity contribution in [2.75, 3.05) is 31.1 Å². The van der Waals surface area contributed by atoms with Gasteiger partial charge in [-0.2, -0.15) is 0 Å². The molecule has 8 heteroatoms. The van der Waals surface area contributed by atoms with Crippen LogP contribution < -0.4 is 4.90 Å². The molecule has 0 bridgehead atoms. The lowest BCUT2D eigenvalue weighted by atomic mass is 9.84. The minimum absolute atomic E-state index is 0.0892. The van der Waals surface area contributed by atoms with Gasteiger partial charge in [0.15, 0.2) is 0 Å². The summed E-state index contributed by atoms with van der Waals surface area (Å²) in [5, 5.41) is 11.0. The van der Waals surface area contributed by atoms with Crippen molar-refractivity contribution in [2.45, 2.75) is 58.8 Å². The van der Waals surface area contributed by atoms with Crippen LogP contribution in [0.3, 0.4) is 0 Å². The topological polar surface area (TPSA) is 92.5 Å². The van der Waals surface area contributed by atoms with Crippen LogP contribution in [-0.2, 0) is 11.2 Å². The lowest BCUT2D eigenvalue weighted by Gasteiger charge is -2.39. The number of non-ortho nitro benzene ring substituents is 1. The highest BCUT2D eigenvalue weighted by atomic mass is 16.6. The fourth-order valence-electron chi connectivity index (χ4n) is 4.47. The summed E-state index contributed by atoms with van der Waals surface area (Å²) in [5.41, 5.74) is 3.08. The Bertz CT molecular complexity index is 1010. The van der Waals surface area contributed by atoms with E-state index < -0.39 is 0 Å². The molecule has 1 saturated carbocycles. The number of benzene rings is 1. The average molecular weight is 452 g/mol. The number of piperazine rings is 1. The van der Waals surface area contributed by atoms with Gasteiger partial charge in [-0.25, -0.2) is 9.97 Å². The maximum Gasteiger partial charge on any atom is 0.269 e. The van der Waals surface area contributed by atoms with Gasteiger partial charge in [0.1, 0.15) is 11.6 Å². The molecular formula is C25H33N5O3. The summed E-state index contributed by atoms with van der Waals surface area (Å²) in [7, 11) is 0. The van der Waals surface area contributed by atoms with E-state index in [1.54, 1.807) is 24.3 Å². The fraction of sp³-hybridized carbons (Fsp3) is 0.560. The Balaban J connectivity index is 1.58. The van der Waals surface area contributed by atoms with E-state index in [9.17, 15) is 14.9 Å². The van der Waals surface area contributed by atoms with Gasteiger partial charge in [0.2, 0.25) is 5.91 Å². The summed E-state index contributed by atoms with van der Waals surface area (Å²) in [6, 6.07) is 6.70. The zero-order valence-corrected chi connectivity index (χ0v) is 19.8. The average Bonchev–Trinajstić information content (AvgIpc) is 2.79. The molecule has 1 saturated heterocycles. The van der Waals surface area contributed by atoms with E-state index in [1.165, 1.54) is 6.42 Å². The highest BCUT2D eigenvalue weighted by Crippen LogP contribution is 2.31. The number of hydrogen-bond acceptors (Lipinski definition) is 6. The van der Waals surface area contributed by atoms with Crippen molar-refractivity contribution in [3.05, 3.63) is 57.0 Å². The smallest absolute Gasteiger partial charge is 0.269 e. The van der Waals surface area contributed by atoms with Crippen LogP contribution in [0.15, 0.2) is 24.3 Å². The number of anilines is 1. The number of carbonyl (C=O) groups excluding carboxylic acids is 1.